The van der Waals surface area contributed by atoms with Crippen LogP contribution in [-0.2, 0) is 14.3 Å². The molecular weight excluding hydrogens is 403 g/mol. The summed E-state index contributed by atoms with van der Waals surface area (Å²) >= 11 is 0. The highest BCUT2D eigenvalue weighted by Crippen LogP contribution is 2.36. The molecule has 4 rings (SSSR count). The Morgan fingerprint density at radius 3 is 2.58 bits per heavy atom. The molecule has 2 aliphatic rings. The molecule has 0 aromatic heterocycles. The molecule has 0 saturated heterocycles. The van der Waals surface area contributed by atoms with Crippen LogP contribution in [0, 0.1) is 11.7 Å². The molecule has 0 bridgehead atoms. The van der Waals surface area contributed by atoms with Crippen LogP contribution in [0.2, 0.25) is 0 Å². The Labute approximate surface area is 179 Å². The van der Waals surface area contributed by atoms with E-state index in [0.717, 1.165) is 0 Å². The zero-order chi connectivity index (χ0) is 21.8. The van der Waals surface area contributed by atoms with E-state index in [1.807, 2.05) is 13.0 Å². The lowest BCUT2D eigenvalue weighted by Crippen LogP contribution is -2.43. The zero-order valence-electron chi connectivity index (χ0n) is 17.1. The number of ketones is 1. The summed E-state index contributed by atoms with van der Waals surface area (Å²) in [6.07, 6.45) is 2.02. The molecule has 2 aromatic carbocycles. The lowest BCUT2D eigenvalue weighted by atomic mass is 9.80. The standard InChI is InChI=1S/C24H23FO6/c1-2-28-19-5-3-4-6-20(19)31-22-14-29-21-13-17(11-12-18(21)23(22)26)30-24(27)15-7-9-16(25)10-8-15/h3-10,14,17-18,21H,2,11-13H2,1H3. The van der Waals surface area contributed by atoms with E-state index in [4.69, 9.17) is 18.9 Å². The first-order valence-corrected chi connectivity index (χ1v) is 10.3. The molecule has 0 spiro atoms. The second-order valence-corrected chi connectivity index (χ2v) is 7.46. The molecular formula is C24H23FO6. The van der Waals surface area contributed by atoms with E-state index in [0.29, 0.717) is 37.4 Å². The molecule has 1 aliphatic heterocycles. The van der Waals surface area contributed by atoms with Gasteiger partial charge in [0.25, 0.3) is 0 Å². The number of esters is 1. The van der Waals surface area contributed by atoms with Gasteiger partial charge in [0.1, 0.15) is 24.3 Å². The molecule has 0 N–H and O–H groups in total. The quantitative estimate of drug-likeness (QED) is 0.636. The normalized spacial score (nSPS) is 22.6. The van der Waals surface area contributed by atoms with Gasteiger partial charge in [0.15, 0.2) is 11.5 Å². The number of para-hydroxylation sites is 2. The summed E-state index contributed by atoms with van der Waals surface area (Å²) in [5.74, 6) is -0.288. The van der Waals surface area contributed by atoms with Gasteiger partial charge in [0, 0.05) is 6.42 Å². The van der Waals surface area contributed by atoms with Crippen LogP contribution in [0.3, 0.4) is 0 Å². The maximum absolute atomic E-state index is 13.0. The van der Waals surface area contributed by atoms with Crippen molar-refractivity contribution in [2.75, 3.05) is 6.61 Å². The maximum atomic E-state index is 13.0. The molecule has 2 aromatic rings. The molecule has 3 unspecified atom stereocenters. The van der Waals surface area contributed by atoms with E-state index in [-0.39, 0.29) is 35.2 Å². The van der Waals surface area contributed by atoms with Crippen LogP contribution in [0.1, 0.15) is 36.5 Å². The Balaban J connectivity index is 1.39. The number of ether oxygens (including phenoxy) is 4. The number of carbonyl (C=O) groups is 2. The van der Waals surface area contributed by atoms with Gasteiger partial charge in [-0.2, -0.15) is 0 Å². The molecule has 0 radical (unpaired) electrons. The fourth-order valence-electron chi connectivity index (χ4n) is 3.85. The lowest BCUT2D eigenvalue weighted by molar-refractivity contribution is -0.132. The van der Waals surface area contributed by atoms with Crippen molar-refractivity contribution >= 4 is 11.8 Å². The van der Waals surface area contributed by atoms with Gasteiger partial charge in [-0.3, -0.25) is 4.79 Å². The zero-order valence-corrected chi connectivity index (χ0v) is 17.1. The minimum atomic E-state index is -0.516. The van der Waals surface area contributed by atoms with Gasteiger partial charge in [-0.15, -0.1) is 0 Å². The average Bonchev–Trinajstić information content (AvgIpc) is 2.77. The molecule has 162 valence electrons. The highest BCUT2D eigenvalue weighted by atomic mass is 19.1. The number of halogens is 1. The summed E-state index contributed by atoms with van der Waals surface area (Å²) in [6, 6.07) is 12.3. The molecule has 1 heterocycles. The van der Waals surface area contributed by atoms with Gasteiger partial charge in [0.05, 0.1) is 18.1 Å². The first-order chi connectivity index (χ1) is 15.0. The number of fused-ring (bicyclic) bond motifs is 1. The predicted molar refractivity (Wildman–Crippen MR) is 109 cm³/mol. The average molecular weight is 426 g/mol. The molecule has 1 fully saturated rings. The summed E-state index contributed by atoms with van der Waals surface area (Å²) in [5.41, 5.74) is 0.285. The molecule has 1 saturated carbocycles. The van der Waals surface area contributed by atoms with E-state index in [2.05, 4.69) is 0 Å². The summed E-state index contributed by atoms with van der Waals surface area (Å²) < 4.78 is 35.7. The summed E-state index contributed by atoms with van der Waals surface area (Å²) in [5, 5.41) is 0. The van der Waals surface area contributed by atoms with Crippen molar-refractivity contribution in [2.24, 2.45) is 5.92 Å². The van der Waals surface area contributed by atoms with Crippen molar-refractivity contribution in [2.45, 2.75) is 38.4 Å². The van der Waals surface area contributed by atoms with Crippen LogP contribution in [-0.4, -0.2) is 30.6 Å². The third-order valence-electron chi connectivity index (χ3n) is 5.40. The molecule has 1 aliphatic carbocycles. The Morgan fingerprint density at radius 1 is 1.10 bits per heavy atom. The SMILES string of the molecule is CCOc1ccccc1OC1=COC2CC(OC(=O)c3ccc(F)cc3)CCC2C1=O. The van der Waals surface area contributed by atoms with Gasteiger partial charge in [-0.25, -0.2) is 9.18 Å². The fourth-order valence-corrected chi connectivity index (χ4v) is 3.85. The van der Waals surface area contributed by atoms with Crippen molar-refractivity contribution in [3.63, 3.8) is 0 Å². The van der Waals surface area contributed by atoms with E-state index < -0.39 is 11.8 Å². The van der Waals surface area contributed by atoms with E-state index >= 15 is 0 Å². The number of allylic oxidation sites excluding steroid dienone is 1. The van der Waals surface area contributed by atoms with E-state index in [9.17, 15) is 14.0 Å². The summed E-state index contributed by atoms with van der Waals surface area (Å²) in [6.45, 7) is 2.35. The highest BCUT2D eigenvalue weighted by molar-refractivity contribution is 5.96. The highest BCUT2D eigenvalue weighted by Gasteiger charge is 2.42. The molecule has 31 heavy (non-hydrogen) atoms. The topological polar surface area (TPSA) is 71.1 Å². The van der Waals surface area contributed by atoms with Crippen LogP contribution < -0.4 is 9.47 Å². The van der Waals surface area contributed by atoms with Gasteiger partial charge in [-0.1, -0.05) is 12.1 Å². The first-order valence-electron chi connectivity index (χ1n) is 10.3. The van der Waals surface area contributed by atoms with E-state index in [1.54, 1.807) is 18.2 Å². The van der Waals surface area contributed by atoms with Crippen LogP contribution in [0.15, 0.2) is 60.6 Å². The van der Waals surface area contributed by atoms with Gasteiger partial charge in [-0.05, 0) is 56.2 Å². The Morgan fingerprint density at radius 2 is 1.84 bits per heavy atom. The summed E-state index contributed by atoms with van der Waals surface area (Å²) in [7, 11) is 0. The predicted octanol–water partition coefficient (Wildman–Crippen LogP) is 4.44. The molecule has 6 nitrogen and oxygen atoms in total. The van der Waals surface area contributed by atoms with Crippen LogP contribution >= 0.6 is 0 Å². The number of benzene rings is 2. The monoisotopic (exact) mass is 426 g/mol. The minimum absolute atomic E-state index is 0.133. The van der Waals surface area contributed by atoms with Crippen molar-refractivity contribution in [3.8, 4) is 11.5 Å². The number of Topliss-reactive ketones (excluding diaryl/α,β-unsaturated/α-hetero) is 1. The van der Waals surface area contributed by atoms with Crippen molar-refractivity contribution in [1.82, 2.24) is 0 Å². The van der Waals surface area contributed by atoms with Gasteiger partial charge < -0.3 is 18.9 Å². The van der Waals surface area contributed by atoms with Crippen LogP contribution in [0.5, 0.6) is 11.5 Å². The third-order valence-corrected chi connectivity index (χ3v) is 5.40. The minimum Gasteiger partial charge on any atom is -0.493 e. The van der Waals surface area contributed by atoms with Crippen molar-refractivity contribution < 1.29 is 32.9 Å². The van der Waals surface area contributed by atoms with Gasteiger partial charge >= 0.3 is 5.97 Å². The third kappa shape index (κ3) is 4.71. The number of hydrogen-bond donors (Lipinski definition) is 0. The fraction of sp³-hybridized carbons (Fsp3) is 0.333. The Kier molecular flexibility index (Phi) is 6.21. The smallest absolute Gasteiger partial charge is 0.338 e. The largest absolute Gasteiger partial charge is 0.493 e. The van der Waals surface area contributed by atoms with Crippen molar-refractivity contribution in [3.05, 3.63) is 71.9 Å². The lowest BCUT2D eigenvalue weighted by Gasteiger charge is -2.36. The molecule has 7 heteroatoms. The number of carbonyl (C=O) groups excluding carboxylic acids is 2. The van der Waals surface area contributed by atoms with E-state index in [1.165, 1.54) is 30.5 Å². The Bertz CT molecular complexity index is 984. The number of hydrogen-bond acceptors (Lipinski definition) is 6. The number of rotatable bonds is 6. The second-order valence-electron chi connectivity index (χ2n) is 7.46. The summed E-state index contributed by atoms with van der Waals surface area (Å²) in [4.78, 5) is 25.3. The van der Waals surface area contributed by atoms with Crippen molar-refractivity contribution in [1.29, 1.82) is 0 Å². The molecule has 3 atom stereocenters. The second kappa shape index (κ2) is 9.20. The first kappa shape index (κ1) is 20.9. The van der Waals surface area contributed by atoms with Gasteiger partial charge in [0.2, 0.25) is 11.5 Å². The maximum Gasteiger partial charge on any atom is 0.338 e. The Hall–Kier alpha value is -3.35. The van der Waals surface area contributed by atoms with Crippen LogP contribution in [0.25, 0.3) is 0 Å². The molecule has 0 amide bonds. The van der Waals surface area contributed by atoms with Crippen LogP contribution in [0.4, 0.5) is 4.39 Å².